The van der Waals surface area contributed by atoms with E-state index in [1.165, 1.54) is 24.3 Å². The van der Waals surface area contributed by atoms with E-state index in [1.54, 1.807) is 25.7 Å². The van der Waals surface area contributed by atoms with Gasteiger partial charge in [0.1, 0.15) is 30.9 Å². The van der Waals surface area contributed by atoms with E-state index < -0.39 is 36.2 Å². The van der Waals surface area contributed by atoms with Gasteiger partial charge in [0, 0.05) is 30.6 Å². The number of amides is 2. The van der Waals surface area contributed by atoms with Gasteiger partial charge < -0.3 is 35.3 Å². The minimum absolute atomic E-state index is 0.0493. The van der Waals surface area contributed by atoms with Gasteiger partial charge >= 0.3 is 5.97 Å². The van der Waals surface area contributed by atoms with Crippen LogP contribution < -0.4 is 11.1 Å². The summed E-state index contributed by atoms with van der Waals surface area (Å²) in [6.07, 6.45) is 0.303. The zero-order valence-electron chi connectivity index (χ0n) is 20.3. The lowest BCUT2D eigenvalue weighted by Crippen LogP contribution is -2.53. The molecule has 0 saturated carbocycles. The van der Waals surface area contributed by atoms with Gasteiger partial charge in [-0.25, -0.2) is 4.79 Å². The number of rotatable bonds is 11. The van der Waals surface area contributed by atoms with E-state index >= 15 is 0 Å². The molecule has 1 aromatic rings. The fraction of sp³-hybridized carbons (Fsp3) is 0.542. The normalized spacial score (nSPS) is 16.3. The van der Waals surface area contributed by atoms with Gasteiger partial charge in [0.25, 0.3) is 5.91 Å². The lowest BCUT2D eigenvalue weighted by Gasteiger charge is -2.35. The number of likely N-dealkylation sites (tertiary alicyclic amines) is 1. The Morgan fingerprint density at radius 1 is 1.20 bits per heavy atom. The van der Waals surface area contributed by atoms with Crippen LogP contribution in [0.3, 0.4) is 0 Å². The van der Waals surface area contributed by atoms with E-state index in [1.807, 2.05) is 0 Å². The molecule has 11 nitrogen and oxygen atoms in total. The zero-order chi connectivity index (χ0) is 26.2. The van der Waals surface area contributed by atoms with Crippen LogP contribution in [0, 0.1) is 5.41 Å². The number of aliphatic carboxylic acids is 1. The third kappa shape index (κ3) is 9.10. The molecule has 0 aromatic heterocycles. The van der Waals surface area contributed by atoms with Crippen LogP contribution >= 0.6 is 0 Å². The summed E-state index contributed by atoms with van der Waals surface area (Å²) in [7, 11) is 0. The lowest BCUT2D eigenvalue weighted by molar-refractivity contribution is -0.147. The van der Waals surface area contributed by atoms with Crippen molar-refractivity contribution in [2.45, 2.75) is 63.9 Å². The first-order valence-electron chi connectivity index (χ1n) is 11.4. The number of aldehydes is 1. The number of nitrogens with two attached hydrogens (primary N) is 1. The standard InChI is InChI=1S/C24H34N4O7/c1-24(2,3)35-18(13-29)12-19(27-22(32)16-6-4-15(5-7-16)21(25)26)23(33)28-10-8-17(9-11-28)34-14-20(30)31/h4-7,13,17-19H,8-12,14H2,1-3H3,(H3,25,26)(H,27,32)(H,30,31)/t18?,19-/m0/s1. The molecule has 2 rings (SSSR count). The Labute approximate surface area is 204 Å². The second-order valence-corrected chi connectivity index (χ2v) is 9.39. The van der Waals surface area contributed by atoms with E-state index in [0.717, 1.165) is 0 Å². The molecule has 5 N–H and O–H groups in total. The van der Waals surface area contributed by atoms with Crippen molar-refractivity contribution in [3.63, 3.8) is 0 Å². The first kappa shape index (κ1) is 27.9. The number of amidine groups is 1. The monoisotopic (exact) mass is 490 g/mol. The number of carboxylic acid groups (broad SMARTS) is 1. The predicted molar refractivity (Wildman–Crippen MR) is 127 cm³/mol. The number of piperidine rings is 1. The second-order valence-electron chi connectivity index (χ2n) is 9.39. The molecule has 35 heavy (non-hydrogen) atoms. The highest BCUT2D eigenvalue weighted by Gasteiger charge is 2.33. The van der Waals surface area contributed by atoms with Crippen molar-refractivity contribution in [2.75, 3.05) is 19.7 Å². The van der Waals surface area contributed by atoms with Crippen molar-refractivity contribution >= 4 is 29.9 Å². The van der Waals surface area contributed by atoms with Gasteiger partial charge in [0.15, 0.2) is 0 Å². The van der Waals surface area contributed by atoms with Gasteiger partial charge in [-0.1, -0.05) is 12.1 Å². The highest BCUT2D eigenvalue weighted by molar-refractivity contribution is 5.99. The largest absolute Gasteiger partial charge is 0.480 e. The molecule has 1 aliphatic heterocycles. The summed E-state index contributed by atoms with van der Waals surface area (Å²) in [5.41, 5.74) is 5.55. The first-order valence-corrected chi connectivity index (χ1v) is 11.4. The molecule has 2 amide bonds. The third-order valence-corrected chi connectivity index (χ3v) is 5.38. The number of hydrogen-bond donors (Lipinski definition) is 4. The van der Waals surface area contributed by atoms with Gasteiger partial charge in [-0.2, -0.15) is 0 Å². The van der Waals surface area contributed by atoms with E-state index in [0.29, 0.717) is 37.8 Å². The number of carbonyl (C=O) groups is 4. The van der Waals surface area contributed by atoms with Crippen molar-refractivity contribution in [1.29, 1.82) is 5.41 Å². The van der Waals surface area contributed by atoms with Gasteiger partial charge in [0.2, 0.25) is 5.91 Å². The molecular formula is C24H34N4O7. The fourth-order valence-corrected chi connectivity index (χ4v) is 3.73. The molecule has 2 atom stereocenters. The summed E-state index contributed by atoms with van der Waals surface area (Å²) in [6.45, 7) is 5.63. The Morgan fingerprint density at radius 2 is 1.77 bits per heavy atom. The molecular weight excluding hydrogens is 456 g/mol. The van der Waals surface area contributed by atoms with Crippen molar-refractivity contribution in [2.24, 2.45) is 5.73 Å². The van der Waals surface area contributed by atoms with Crippen LogP contribution in [0.25, 0.3) is 0 Å². The molecule has 0 bridgehead atoms. The number of hydrogen-bond acceptors (Lipinski definition) is 7. The lowest BCUT2D eigenvalue weighted by atomic mass is 10.0. The zero-order valence-corrected chi connectivity index (χ0v) is 20.3. The summed E-state index contributed by atoms with van der Waals surface area (Å²) in [6, 6.07) is 5.05. The Kier molecular flexibility index (Phi) is 9.90. The number of nitrogens with one attached hydrogen (secondary N) is 2. The fourth-order valence-electron chi connectivity index (χ4n) is 3.73. The predicted octanol–water partition coefficient (Wildman–Crippen LogP) is 0.934. The minimum atomic E-state index is -1.05. The molecule has 192 valence electrons. The maximum Gasteiger partial charge on any atom is 0.329 e. The van der Waals surface area contributed by atoms with Crippen LogP contribution in [0.5, 0.6) is 0 Å². The van der Waals surface area contributed by atoms with Crippen LogP contribution in [0.4, 0.5) is 0 Å². The van der Waals surface area contributed by atoms with Crippen LogP contribution in [0.1, 0.15) is 56.0 Å². The molecule has 1 aliphatic rings. The number of carboxylic acids is 1. The van der Waals surface area contributed by atoms with E-state index in [2.05, 4.69) is 5.32 Å². The van der Waals surface area contributed by atoms with Crippen molar-refractivity contribution in [3.8, 4) is 0 Å². The van der Waals surface area contributed by atoms with Crippen LogP contribution in [-0.2, 0) is 23.9 Å². The topological polar surface area (TPSA) is 172 Å². The highest BCUT2D eigenvalue weighted by atomic mass is 16.5. The third-order valence-electron chi connectivity index (χ3n) is 5.38. The summed E-state index contributed by atoms with van der Waals surface area (Å²) in [5, 5.41) is 19.0. The van der Waals surface area contributed by atoms with E-state index in [9.17, 15) is 19.2 Å². The van der Waals surface area contributed by atoms with Crippen molar-refractivity contribution in [3.05, 3.63) is 35.4 Å². The second kappa shape index (κ2) is 12.4. The van der Waals surface area contributed by atoms with Gasteiger partial charge in [0.05, 0.1) is 11.7 Å². The molecule has 1 unspecified atom stereocenters. The molecule has 1 fully saturated rings. The number of benzene rings is 1. The number of nitrogen functional groups attached to an aromatic ring is 1. The Bertz CT molecular complexity index is 919. The molecule has 0 spiro atoms. The van der Waals surface area contributed by atoms with Gasteiger partial charge in [-0.3, -0.25) is 15.0 Å². The summed E-state index contributed by atoms with van der Waals surface area (Å²) in [4.78, 5) is 50.2. The van der Waals surface area contributed by atoms with Crippen LogP contribution in [-0.4, -0.2) is 83.5 Å². The van der Waals surface area contributed by atoms with Crippen LogP contribution in [0.2, 0.25) is 0 Å². The first-order chi connectivity index (χ1) is 16.4. The molecule has 11 heteroatoms. The summed E-state index contributed by atoms with van der Waals surface area (Å²) in [5.74, 6) is -2.06. The summed E-state index contributed by atoms with van der Waals surface area (Å²) >= 11 is 0. The smallest absolute Gasteiger partial charge is 0.329 e. The van der Waals surface area contributed by atoms with Crippen molar-refractivity contribution < 1.29 is 33.8 Å². The minimum Gasteiger partial charge on any atom is -0.480 e. The Hall–Kier alpha value is -3.31. The summed E-state index contributed by atoms with van der Waals surface area (Å²) < 4.78 is 11.1. The van der Waals surface area contributed by atoms with Crippen LogP contribution in [0.15, 0.2) is 24.3 Å². The van der Waals surface area contributed by atoms with E-state index in [4.69, 9.17) is 25.7 Å². The average molecular weight is 491 g/mol. The van der Waals surface area contributed by atoms with Crippen molar-refractivity contribution in [1.82, 2.24) is 10.2 Å². The average Bonchev–Trinajstić information content (AvgIpc) is 2.80. The van der Waals surface area contributed by atoms with Gasteiger partial charge in [-0.05, 0) is 45.7 Å². The molecule has 1 aromatic carbocycles. The highest BCUT2D eigenvalue weighted by Crippen LogP contribution is 2.18. The number of carbonyl (C=O) groups excluding carboxylic acids is 3. The Balaban J connectivity index is 2.14. The van der Waals surface area contributed by atoms with Gasteiger partial charge in [-0.15, -0.1) is 0 Å². The molecule has 0 aliphatic carbocycles. The van der Waals surface area contributed by atoms with E-state index in [-0.39, 0.29) is 29.8 Å². The Morgan fingerprint density at radius 3 is 2.26 bits per heavy atom. The number of nitrogens with zero attached hydrogens (tertiary/aromatic N) is 1. The maximum atomic E-state index is 13.4. The SMILES string of the molecule is CC(C)(C)OC(C=O)C[C@H](NC(=O)c1ccc(C(=N)N)cc1)C(=O)N1CCC(OCC(=O)O)CC1. The maximum absolute atomic E-state index is 13.4. The number of ether oxygens (including phenoxy) is 2. The quantitative estimate of drug-likeness (QED) is 0.201. The molecule has 1 heterocycles. The molecule has 1 saturated heterocycles. The molecule has 0 radical (unpaired) electrons.